The molecule has 1 heterocycles. The Morgan fingerprint density at radius 3 is 2.57 bits per heavy atom. The largest absolute Gasteiger partial charge is 0.497 e. The zero-order valence-electron chi connectivity index (χ0n) is 16.7. The maximum Gasteiger partial charge on any atom is 0.189 e. The van der Waals surface area contributed by atoms with E-state index < -0.39 is 0 Å². The lowest BCUT2D eigenvalue weighted by molar-refractivity contribution is 0.104. The lowest BCUT2D eigenvalue weighted by atomic mass is 10.1. The lowest BCUT2D eigenvalue weighted by Crippen LogP contribution is -2.15. The van der Waals surface area contributed by atoms with Crippen LogP contribution in [0.15, 0.2) is 72.8 Å². The van der Waals surface area contributed by atoms with Crippen molar-refractivity contribution < 1.29 is 23.7 Å². The molecule has 5 heteroatoms. The summed E-state index contributed by atoms with van der Waals surface area (Å²) in [6.45, 7) is 1.43. The fourth-order valence-electron chi connectivity index (χ4n) is 3.11. The van der Waals surface area contributed by atoms with E-state index in [1.807, 2.05) is 48.5 Å². The molecular formula is C25H22O5. The smallest absolute Gasteiger partial charge is 0.189 e. The second-order valence-electron chi connectivity index (χ2n) is 6.74. The van der Waals surface area contributed by atoms with Crippen LogP contribution < -0.4 is 18.9 Å². The highest BCUT2D eigenvalue weighted by Gasteiger charge is 2.13. The van der Waals surface area contributed by atoms with Gasteiger partial charge in [0, 0.05) is 6.07 Å². The summed E-state index contributed by atoms with van der Waals surface area (Å²) in [5.74, 6) is 2.36. The molecule has 0 radical (unpaired) electrons. The van der Waals surface area contributed by atoms with Gasteiger partial charge in [0.1, 0.15) is 31.3 Å². The molecule has 0 N–H and O–H groups in total. The number of carbonyl (C=O) groups excluding carboxylic acids is 1. The number of carbonyl (C=O) groups is 1. The lowest BCUT2D eigenvalue weighted by Gasteiger charge is -2.18. The van der Waals surface area contributed by atoms with Gasteiger partial charge in [0.05, 0.1) is 12.7 Å². The maximum absolute atomic E-state index is 12.9. The van der Waals surface area contributed by atoms with Crippen LogP contribution in [0.5, 0.6) is 23.0 Å². The first-order valence-corrected chi connectivity index (χ1v) is 9.70. The van der Waals surface area contributed by atoms with Crippen LogP contribution in [-0.2, 0) is 6.61 Å². The van der Waals surface area contributed by atoms with Crippen molar-refractivity contribution in [2.45, 2.75) is 6.61 Å². The first-order chi connectivity index (χ1) is 14.7. The van der Waals surface area contributed by atoms with Gasteiger partial charge >= 0.3 is 0 Å². The van der Waals surface area contributed by atoms with E-state index in [0.717, 1.165) is 16.9 Å². The van der Waals surface area contributed by atoms with Crippen LogP contribution in [0.4, 0.5) is 0 Å². The van der Waals surface area contributed by atoms with Crippen molar-refractivity contribution in [1.82, 2.24) is 0 Å². The van der Waals surface area contributed by atoms with Gasteiger partial charge in [-0.25, -0.2) is 0 Å². The Morgan fingerprint density at radius 1 is 0.967 bits per heavy atom. The minimum Gasteiger partial charge on any atom is -0.497 e. The number of methoxy groups -OCH3 is 1. The summed E-state index contributed by atoms with van der Waals surface area (Å²) >= 11 is 0. The van der Waals surface area contributed by atoms with Gasteiger partial charge in [-0.05, 0) is 41.5 Å². The number of ketones is 1. The molecule has 0 aliphatic carbocycles. The van der Waals surface area contributed by atoms with Gasteiger partial charge in [-0.15, -0.1) is 0 Å². The van der Waals surface area contributed by atoms with Gasteiger partial charge in [-0.2, -0.15) is 0 Å². The zero-order chi connectivity index (χ0) is 20.8. The third-order valence-corrected chi connectivity index (χ3v) is 4.68. The van der Waals surface area contributed by atoms with E-state index in [-0.39, 0.29) is 5.78 Å². The van der Waals surface area contributed by atoms with Crippen LogP contribution >= 0.6 is 0 Å². The molecule has 0 aromatic heterocycles. The van der Waals surface area contributed by atoms with Gasteiger partial charge < -0.3 is 18.9 Å². The fraction of sp³-hybridized carbons (Fsp3) is 0.160. The van der Waals surface area contributed by atoms with Crippen molar-refractivity contribution in [3.8, 4) is 23.0 Å². The summed E-state index contributed by atoms with van der Waals surface area (Å²) < 4.78 is 22.4. The molecule has 3 aromatic carbocycles. The van der Waals surface area contributed by atoms with Crippen LogP contribution in [-0.4, -0.2) is 26.1 Å². The molecule has 30 heavy (non-hydrogen) atoms. The summed E-state index contributed by atoms with van der Waals surface area (Å²) in [5.41, 5.74) is 2.35. The second-order valence-corrected chi connectivity index (χ2v) is 6.74. The molecular weight excluding hydrogens is 380 g/mol. The van der Waals surface area contributed by atoms with Crippen LogP contribution in [0.1, 0.15) is 21.5 Å². The highest BCUT2D eigenvalue weighted by molar-refractivity contribution is 6.08. The summed E-state index contributed by atoms with van der Waals surface area (Å²) in [4.78, 5) is 12.9. The number of ether oxygens (including phenoxy) is 4. The van der Waals surface area contributed by atoms with Gasteiger partial charge in [0.25, 0.3) is 0 Å². The van der Waals surface area contributed by atoms with Crippen LogP contribution in [0.2, 0.25) is 0 Å². The van der Waals surface area contributed by atoms with E-state index >= 15 is 0 Å². The number of benzene rings is 3. The van der Waals surface area contributed by atoms with E-state index in [4.69, 9.17) is 18.9 Å². The van der Waals surface area contributed by atoms with Gasteiger partial charge in [0.2, 0.25) is 0 Å². The summed E-state index contributed by atoms with van der Waals surface area (Å²) in [6.07, 6.45) is 3.29. The molecule has 152 valence electrons. The Morgan fingerprint density at radius 2 is 1.77 bits per heavy atom. The number of rotatable bonds is 7. The molecule has 4 rings (SSSR count). The Kier molecular flexibility index (Phi) is 5.99. The molecule has 0 fully saturated rings. The summed E-state index contributed by atoms with van der Waals surface area (Å²) in [6, 6.07) is 20.6. The molecule has 1 aliphatic heterocycles. The molecule has 0 spiro atoms. The third-order valence-electron chi connectivity index (χ3n) is 4.68. The number of hydrogen-bond acceptors (Lipinski definition) is 5. The number of fused-ring (bicyclic) bond motifs is 1. The first-order valence-electron chi connectivity index (χ1n) is 9.70. The highest BCUT2D eigenvalue weighted by Crippen LogP contribution is 2.31. The molecule has 0 unspecified atom stereocenters. The minimum atomic E-state index is -0.157. The molecule has 0 saturated carbocycles. The number of allylic oxidation sites excluding steroid dienone is 1. The molecule has 5 nitrogen and oxygen atoms in total. The summed E-state index contributed by atoms with van der Waals surface area (Å²) in [5, 5.41) is 0. The predicted molar refractivity (Wildman–Crippen MR) is 115 cm³/mol. The van der Waals surface area contributed by atoms with E-state index in [1.165, 1.54) is 6.08 Å². The Bertz CT molecular complexity index is 1060. The van der Waals surface area contributed by atoms with Crippen LogP contribution in [0.3, 0.4) is 0 Å². The van der Waals surface area contributed by atoms with Crippen molar-refractivity contribution in [3.05, 3.63) is 89.5 Å². The number of hydrogen-bond donors (Lipinski definition) is 0. The van der Waals surface area contributed by atoms with E-state index in [0.29, 0.717) is 42.6 Å². The van der Waals surface area contributed by atoms with E-state index in [9.17, 15) is 4.79 Å². The van der Waals surface area contributed by atoms with Crippen LogP contribution in [0.25, 0.3) is 6.08 Å². The first kappa shape index (κ1) is 19.6. The van der Waals surface area contributed by atoms with E-state index in [1.54, 1.807) is 31.4 Å². The Labute approximate surface area is 175 Å². The average Bonchev–Trinajstić information content (AvgIpc) is 2.81. The highest BCUT2D eigenvalue weighted by atomic mass is 16.6. The average molecular weight is 402 g/mol. The predicted octanol–water partition coefficient (Wildman–Crippen LogP) is 4.94. The fourth-order valence-corrected chi connectivity index (χ4v) is 3.11. The molecule has 1 aliphatic rings. The van der Waals surface area contributed by atoms with Crippen molar-refractivity contribution >= 4 is 11.9 Å². The molecule has 3 aromatic rings. The molecule has 0 saturated heterocycles. The van der Waals surface area contributed by atoms with Crippen molar-refractivity contribution in [3.63, 3.8) is 0 Å². The minimum absolute atomic E-state index is 0.157. The van der Waals surface area contributed by atoms with Gasteiger partial charge in [-0.3, -0.25) is 4.79 Å². The quantitative estimate of drug-likeness (QED) is 0.414. The summed E-state index contributed by atoms with van der Waals surface area (Å²) in [7, 11) is 1.58. The maximum atomic E-state index is 12.9. The molecule has 0 amide bonds. The molecule has 0 atom stereocenters. The topological polar surface area (TPSA) is 54.0 Å². The van der Waals surface area contributed by atoms with Crippen LogP contribution in [0, 0.1) is 0 Å². The van der Waals surface area contributed by atoms with Crippen molar-refractivity contribution in [2.24, 2.45) is 0 Å². The van der Waals surface area contributed by atoms with Crippen molar-refractivity contribution in [2.75, 3.05) is 20.3 Å². The Hall–Kier alpha value is -3.73. The van der Waals surface area contributed by atoms with E-state index in [2.05, 4.69) is 0 Å². The normalized spacial score (nSPS) is 12.6. The third kappa shape index (κ3) is 4.63. The zero-order valence-corrected chi connectivity index (χ0v) is 16.7. The monoisotopic (exact) mass is 402 g/mol. The SMILES string of the molecule is COc1ccc(C(=O)C=Cc2ccc3c(c2)OCCO3)c(OCc2ccccc2)c1. The standard InChI is InChI=1S/C25H22O5/c1-27-20-9-10-21(24(16-20)30-17-19-5-3-2-4-6-19)22(26)11-7-18-8-12-23-25(15-18)29-14-13-28-23/h2-12,15-16H,13-14,17H2,1H3. The van der Waals surface area contributed by atoms with Gasteiger partial charge in [0.15, 0.2) is 17.3 Å². The van der Waals surface area contributed by atoms with Gasteiger partial charge in [-0.1, -0.05) is 42.5 Å². The Balaban J connectivity index is 1.53. The van der Waals surface area contributed by atoms with Crippen molar-refractivity contribution in [1.29, 1.82) is 0 Å². The second kappa shape index (κ2) is 9.18. The molecule has 0 bridgehead atoms.